The first kappa shape index (κ1) is 22.0. The Kier molecular flexibility index (Phi) is 5.31. The largest absolute Gasteiger partial charge is 0.364 e. The third kappa shape index (κ3) is 3.89. The number of aromatic nitrogens is 4. The van der Waals surface area contributed by atoms with Gasteiger partial charge < -0.3 is 9.47 Å². The van der Waals surface area contributed by atoms with Crippen LogP contribution in [-0.4, -0.2) is 40.0 Å². The van der Waals surface area contributed by atoms with Crippen LogP contribution in [0.4, 0.5) is 14.5 Å². The molecule has 1 fully saturated rings. The van der Waals surface area contributed by atoms with Crippen LogP contribution in [0.25, 0.3) is 5.52 Å². The van der Waals surface area contributed by atoms with E-state index in [9.17, 15) is 22.0 Å². The fourth-order valence-corrected chi connectivity index (χ4v) is 5.20. The first-order valence-electron chi connectivity index (χ1n) is 10.5. The molecule has 9 nitrogen and oxygen atoms in total. The summed E-state index contributed by atoms with van der Waals surface area (Å²) < 4.78 is 58.2. The second kappa shape index (κ2) is 8.20. The van der Waals surface area contributed by atoms with Crippen LogP contribution in [0.3, 0.4) is 0 Å². The summed E-state index contributed by atoms with van der Waals surface area (Å²) in [4.78, 5) is 18.6. The van der Waals surface area contributed by atoms with E-state index in [4.69, 9.17) is 0 Å². The molecule has 1 aromatic carbocycles. The average Bonchev–Trinajstić information content (AvgIpc) is 3.53. The van der Waals surface area contributed by atoms with Gasteiger partial charge in [-0.3, -0.25) is 4.79 Å². The van der Waals surface area contributed by atoms with Crippen molar-refractivity contribution in [3.05, 3.63) is 78.0 Å². The van der Waals surface area contributed by atoms with E-state index in [1.165, 1.54) is 33.9 Å². The Morgan fingerprint density at radius 3 is 2.79 bits per heavy atom. The smallest absolute Gasteiger partial charge is 0.283 e. The van der Waals surface area contributed by atoms with Gasteiger partial charge in [0.2, 0.25) is 0 Å². The number of halogens is 2. The van der Waals surface area contributed by atoms with Gasteiger partial charge in [-0.05, 0) is 43.2 Å². The number of nitrogens with zero attached hydrogens (tertiary/aromatic N) is 5. The van der Waals surface area contributed by atoms with Crippen molar-refractivity contribution in [3.63, 3.8) is 0 Å². The summed E-state index contributed by atoms with van der Waals surface area (Å²) in [7, 11) is -2.56. The summed E-state index contributed by atoms with van der Waals surface area (Å²) >= 11 is 0. The quantitative estimate of drug-likeness (QED) is 0.466. The molecule has 3 aromatic heterocycles. The van der Waals surface area contributed by atoms with Crippen molar-refractivity contribution in [2.75, 3.05) is 11.4 Å². The monoisotopic (exact) mass is 486 g/mol. The number of carbonyl (C=O) groups excluding carboxylic acids is 1. The molecule has 4 heterocycles. The molecule has 1 aliphatic rings. The number of hydrogen-bond acceptors (Lipinski definition) is 6. The highest BCUT2D eigenvalue weighted by Gasteiger charge is 2.30. The molecule has 0 saturated carbocycles. The number of amides is 1. The van der Waals surface area contributed by atoms with E-state index in [0.717, 1.165) is 18.6 Å². The van der Waals surface area contributed by atoms with Gasteiger partial charge in [0.25, 0.3) is 15.9 Å². The highest BCUT2D eigenvalue weighted by molar-refractivity contribution is 7.90. The molecule has 5 rings (SSSR count). The predicted molar refractivity (Wildman–Crippen MR) is 119 cm³/mol. The molecule has 34 heavy (non-hydrogen) atoms. The lowest BCUT2D eigenvalue weighted by Crippen LogP contribution is -2.30. The minimum absolute atomic E-state index is 0.0500. The lowest BCUT2D eigenvalue weighted by molar-refractivity contribution is 0.0983. The number of pyridine rings is 1. The van der Waals surface area contributed by atoms with Crippen LogP contribution in [-0.2, 0) is 17.1 Å². The maximum absolute atomic E-state index is 14.5. The first-order chi connectivity index (χ1) is 16.2. The van der Waals surface area contributed by atoms with Gasteiger partial charge in [-0.1, -0.05) is 0 Å². The van der Waals surface area contributed by atoms with Gasteiger partial charge in [-0.25, -0.2) is 23.0 Å². The van der Waals surface area contributed by atoms with Gasteiger partial charge in [0.05, 0.1) is 29.6 Å². The van der Waals surface area contributed by atoms with Crippen molar-refractivity contribution in [1.29, 1.82) is 0 Å². The van der Waals surface area contributed by atoms with Crippen LogP contribution < -0.4 is 9.62 Å². The van der Waals surface area contributed by atoms with Gasteiger partial charge in [-0.2, -0.15) is 13.5 Å². The van der Waals surface area contributed by atoms with Gasteiger partial charge in [-0.15, -0.1) is 0 Å². The van der Waals surface area contributed by atoms with Crippen LogP contribution in [0, 0.1) is 11.6 Å². The van der Waals surface area contributed by atoms with Crippen LogP contribution >= 0.6 is 0 Å². The number of anilines is 1. The number of benzene rings is 1. The van der Waals surface area contributed by atoms with E-state index in [2.05, 4.69) is 10.1 Å². The summed E-state index contributed by atoms with van der Waals surface area (Å²) in [5.74, 6) is -1.85. The number of sulfonamides is 1. The third-order valence-electron chi connectivity index (χ3n) is 5.83. The normalized spacial score (nSPS) is 16.3. The Bertz CT molecular complexity index is 1510. The predicted octanol–water partition coefficient (Wildman–Crippen LogP) is 2.81. The zero-order chi connectivity index (χ0) is 24.0. The van der Waals surface area contributed by atoms with Crippen molar-refractivity contribution >= 4 is 27.1 Å². The third-order valence-corrected chi connectivity index (χ3v) is 7.05. The number of hydrogen-bond donors (Lipinski definition) is 1. The van der Waals surface area contributed by atoms with Gasteiger partial charge in [0, 0.05) is 37.2 Å². The summed E-state index contributed by atoms with van der Waals surface area (Å²) in [5.41, 5.74) is 1.37. The second-order valence-corrected chi connectivity index (χ2v) is 9.73. The Balaban J connectivity index is 1.47. The topological polar surface area (TPSA) is 102 Å². The fraction of sp³-hybridized carbons (Fsp3) is 0.227. The van der Waals surface area contributed by atoms with Crippen molar-refractivity contribution in [1.82, 2.24) is 23.9 Å². The van der Waals surface area contributed by atoms with Gasteiger partial charge in [0.15, 0.2) is 5.03 Å². The molecular formula is C22H20F2N6O3S. The Morgan fingerprint density at radius 2 is 2.03 bits per heavy atom. The van der Waals surface area contributed by atoms with E-state index in [1.807, 2.05) is 9.62 Å². The molecule has 1 saturated heterocycles. The van der Waals surface area contributed by atoms with Crippen molar-refractivity contribution < 1.29 is 22.0 Å². The molecule has 1 amide bonds. The maximum Gasteiger partial charge on any atom is 0.283 e. The highest BCUT2D eigenvalue weighted by Crippen LogP contribution is 2.38. The summed E-state index contributed by atoms with van der Waals surface area (Å²) in [6.45, 7) is 0.612. The van der Waals surface area contributed by atoms with Crippen LogP contribution in [0.15, 0.2) is 60.3 Å². The molecule has 0 radical (unpaired) electrons. The Morgan fingerprint density at radius 1 is 1.21 bits per heavy atom. The van der Waals surface area contributed by atoms with Crippen LogP contribution in [0.5, 0.6) is 0 Å². The number of carbonyl (C=O) groups is 1. The average molecular weight is 487 g/mol. The molecule has 0 spiro atoms. The molecule has 1 aliphatic heterocycles. The van der Waals surface area contributed by atoms with Crippen molar-refractivity contribution in [3.8, 4) is 0 Å². The van der Waals surface area contributed by atoms with E-state index in [-0.39, 0.29) is 22.2 Å². The highest BCUT2D eigenvalue weighted by atomic mass is 32.2. The van der Waals surface area contributed by atoms with Crippen molar-refractivity contribution in [2.24, 2.45) is 7.05 Å². The molecule has 4 aromatic rings. The van der Waals surface area contributed by atoms with Gasteiger partial charge >= 0.3 is 0 Å². The van der Waals surface area contributed by atoms with Crippen molar-refractivity contribution in [2.45, 2.75) is 23.9 Å². The maximum atomic E-state index is 14.5. The van der Waals surface area contributed by atoms with E-state index < -0.39 is 27.6 Å². The lowest BCUT2D eigenvalue weighted by atomic mass is 10.0. The lowest BCUT2D eigenvalue weighted by Gasteiger charge is -2.27. The van der Waals surface area contributed by atoms with Crippen LogP contribution in [0.1, 0.15) is 34.8 Å². The van der Waals surface area contributed by atoms with Gasteiger partial charge in [0.1, 0.15) is 11.6 Å². The molecule has 176 valence electrons. The van der Waals surface area contributed by atoms with E-state index in [0.29, 0.717) is 24.2 Å². The van der Waals surface area contributed by atoms with E-state index in [1.54, 1.807) is 25.4 Å². The summed E-state index contributed by atoms with van der Waals surface area (Å²) in [5, 5.41) is 3.85. The second-order valence-electron chi connectivity index (χ2n) is 8.10. The summed E-state index contributed by atoms with van der Waals surface area (Å²) in [6.07, 6.45) is 6.92. The number of fused-ring (bicyclic) bond motifs is 1. The molecule has 0 aliphatic carbocycles. The fourth-order valence-electron chi connectivity index (χ4n) is 4.25. The molecule has 0 bridgehead atoms. The Hall–Kier alpha value is -3.80. The zero-order valence-corrected chi connectivity index (χ0v) is 18.8. The molecule has 1 atom stereocenters. The number of rotatable bonds is 5. The Labute approximate surface area is 193 Å². The molecular weight excluding hydrogens is 466 g/mol. The molecule has 0 unspecified atom stereocenters. The summed E-state index contributed by atoms with van der Waals surface area (Å²) in [6, 6.07) is 6.48. The minimum Gasteiger partial charge on any atom is -0.364 e. The molecule has 12 heteroatoms. The van der Waals surface area contributed by atoms with E-state index >= 15 is 0 Å². The zero-order valence-electron chi connectivity index (χ0n) is 18.0. The number of nitrogens with one attached hydrogen (secondary N) is 1. The molecule has 1 N–H and O–H groups in total. The standard InChI is InChI=1S/C22H20F2N6O3S/c1-28-12-21(25-13-28)34(32,33)27-22(31)17-11-26-30-8-6-15(10-20(17)30)29-7-2-3-19(29)16-9-14(23)4-5-18(16)24/h4-6,8-13,19H,2-3,7H2,1H3,(H,27,31)/t19-/m1/s1. The first-order valence-corrected chi connectivity index (χ1v) is 12.0. The van der Waals surface area contributed by atoms with Crippen LogP contribution in [0.2, 0.25) is 0 Å². The number of imidazole rings is 1. The number of aryl methyl sites for hydroxylation is 1. The SMILES string of the molecule is Cn1cnc(S(=O)(=O)NC(=O)c2cnn3ccc(N4CCC[C@@H]4c4cc(F)ccc4F)cc23)c1. The minimum atomic E-state index is -4.17.